The predicted octanol–water partition coefficient (Wildman–Crippen LogP) is 3.32. The van der Waals surface area contributed by atoms with E-state index >= 15 is 0 Å². The quantitative estimate of drug-likeness (QED) is 0.638. The zero-order chi connectivity index (χ0) is 18.8. The number of ether oxygens (including phenoxy) is 1. The molecular formula is C18H39N5O. The van der Waals surface area contributed by atoms with Gasteiger partial charge in [0, 0.05) is 18.8 Å². The summed E-state index contributed by atoms with van der Waals surface area (Å²) in [4.78, 5) is 0. The van der Waals surface area contributed by atoms with Crippen LogP contribution in [0, 0.1) is 5.41 Å². The summed E-state index contributed by atoms with van der Waals surface area (Å²) in [5.74, 6) is 0. The minimum Gasteiger partial charge on any atom is -0.361 e. The maximum atomic E-state index is 6.26. The van der Waals surface area contributed by atoms with Crippen LogP contribution < -0.4 is 11.1 Å². The van der Waals surface area contributed by atoms with Crippen LogP contribution in [0.4, 0.5) is 0 Å². The highest BCUT2D eigenvalue weighted by atomic mass is 16.5. The van der Waals surface area contributed by atoms with Crippen molar-refractivity contribution in [1.29, 1.82) is 0 Å². The Morgan fingerprint density at radius 1 is 1.29 bits per heavy atom. The second-order valence-corrected chi connectivity index (χ2v) is 7.45. The Hall–Kier alpha value is -0.980. The summed E-state index contributed by atoms with van der Waals surface area (Å²) < 4.78 is 7.58. The van der Waals surface area contributed by atoms with Gasteiger partial charge in [-0.15, -0.1) is 5.10 Å². The van der Waals surface area contributed by atoms with Crippen LogP contribution in [0.25, 0.3) is 0 Å². The third kappa shape index (κ3) is 10.0. The van der Waals surface area contributed by atoms with Crippen molar-refractivity contribution >= 4 is 0 Å². The molecule has 0 aliphatic rings. The monoisotopic (exact) mass is 341 g/mol. The average molecular weight is 342 g/mol. The molecule has 1 atom stereocenters. The molecule has 6 heteroatoms. The predicted molar refractivity (Wildman–Crippen MR) is 101 cm³/mol. The van der Waals surface area contributed by atoms with Crippen molar-refractivity contribution in [2.24, 2.45) is 11.1 Å². The summed E-state index contributed by atoms with van der Waals surface area (Å²) in [5.41, 5.74) is 6.64. The van der Waals surface area contributed by atoms with Crippen LogP contribution in [0.2, 0.25) is 0 Å². The highest BCUT2D eigenvalue weighted by Gasteiger charge is 2.30. The Bertz CT molecular complexity index is 440. The number of nitrogens with zero attached hydrogens (tertiary/aromatic N) is 3. The maximum absolute atomic E-state index is 6.26. The van der Waals surface area contributed by atoms with Crippen LogP contribution in [0.3, 0.4) is 0 Å². The van der Waals surface area contributed by atoms with Crippen molar-refractivity contribution in [1.82, 2.24) is 20.3 Å². The van der Waals surface area contributed by atoms with Crippen LogP contribution in [0.5, 0.6) is 0 Å². The number of nitrogens with one attached hydrogen (secondary N) is 1. The lowest BCUT2D eigenvalue weighted by atomic mass is 9.81. The van der Waals surface area contributed by atoms with E-state index < -0.39 is 5.72 Å². The highest BCUT2D eigenvalue weighted by Crippen LogP contribution is 2.30. The molecule has 3 N–H and O–H groups in total. The van der Waals surface area contributed by atoms with Crippen LogP contribution in [-0.4, -0.2) is 33.4 Å². The maximum Gasteiger partial charge on any atom is 0.114 e. The molecule has 142 valence electrons. The molecule has 24 heavy (non-hydrogen) atoms. The summed E-state index contributed by atoms with van der Waals surface area (Å²) in [7, 11) is 0. The molecule has 1 heterocycles. The zero-order valence-corrected chi connectivity index (χ0v) is 17.0. The van der Waals surface area contributed by atoms with Gasteiger partial charge in [-0.3, -0.25) is 5.32 Å². The fourth-order valence-electron chi connectivity index (χ4n) is 2.66. The molecule has 0 spiro atoms. The van der Waals surface area contributed by atoms with Gasteiger partial charge in [0.2, 0.25) is 0 Å². The molecule has 6 nitrogen and oxygen atoms in total. The Morgan fingerprint density at radius 2 is 1.92 bits per heavy atom. The molecule has 0 fully saturated rings. The van der Waals surface area contributed by atoms with Gasteiger partial charge in [-0.25, -0.2) is 4.68 Å². The lowest BCUT2D eigenvalue weighted by Gasteiger charge is -2.34. The van der Waals surface area contributed by atoms with E-state index in [1.165, 1.54) is 0 Å². The van der Waals surface area contributed by atoms with Crippen LogP contribution in [0.15, 0.2) is 6.20 Å². The minimum absolute atomic E-state index is 0.00355. The molecule has 0 bridgehead atoms. The molecule has 1 aromatic rings. The summed E-state index contributed by atoms with van der Waals surface area (Å²) in [6.07, 6.45) is 4.58. The number of nitrogens with two attached hydrogens (primary N) is 1. The van der Waals surface area contributed by atoms with E-state index in [0.717, 1.165) is 25.0 Å². The molecule has 0 radical (unpaired) electrons. The zero-order valence-electron chi connectivity index (χ0n) is 17.0. The van der Waals surface area contributed by atoms with Gasteiger partial charge in [0.15, 0.2) is 0 Å². The first-order valence-electron chi connectivity index (χ1n) is 9.19. The lowest BCUT2D eigenvalue weighted by molar-refractivity contribution is -0.0548. The molecule has 0 aliphatic carbocycles. The Balaban J connectivity index is 0.00000254. The summed E-state index contributed by atoms with van der Waals surface area (Å²) >= 11 is 0. The highest BCUT2D eigenvalue weighted by molar-refractivity contribution is 4.98. The first kappa shape index (κ1) is 23.0. The van der Waals surface area contributed by atoms with E-state index in [1.807, 2.05) is 31.6 Å². The fraction of sp³-hybridized carbons (Fsp3) is 0.889. The Morgan fingerprint density at radius 3 is 2.46 bits per heavy atom. The third-order valence-corrected chi connectivity index (χ3v) is 3.37. The van der Waals surface area contributed by atoms with E-state index in [-0.39, 0.29) is 5.41 Å². The van der Waals surface area contributed by atoms with Crippen LogP contribution in [0.1, 0.15) is 73.9 Å². The Labute approximate surface area is 148 Å². The van der Waals surface area contributed by atoms with Crippen molar-refractivity contribution in [3.8, 4) is 0 Å². The molecule has 1 rings (SSSR count). The fourth-order valence-corrected chi connectivity index (χ4v) is 2.66. The van der Waals surface area contributed by atoms with Crippen molar-refractivity contribution in [3.05, 3.63) is 11.9 Å². The second-order valence-electron chi connectivity index (χ2n) is 7.45. The third-order valence-electron chi connectivity index (χ3n) is 3.37. The standard InChI is InChI=1S/C16H33N5O.C2H6/c1-7-8-22-16(6,17)11-15(4,5)9-14-10-21(20-19-14)12-18-13(2)3;1-2/h10,13,18H,7-9,11-12,17H2,1-6H3;1-2H3. The van der Waals surface area contributed by atoms with Gasteiger partial charge >= 0.3 is 0 Å². The summed E-state index contributed by atoms with van der Waals surface area (Å²) in [6.45, 7) is 18.0. The van der Waals surface area contributed by atoms with E-state index in [4.69, 9.17) is 10.5 Å². The number of hydrogen-bond acceptors (Lipinski definition) is 5. The molecule has 0 aromatic carbocycles. The normalized spacial score (nSPS) is 14.2. The first-order valence-corrected chi connectivity index (χ1v) is 9.19. The molecule has 0 saturated carbocycles. The van der Waals surface area contributed by atoms with Crippen molar-refractivity contribution in [2.45, 2.75) is 93.1 Å². The molecule has 1 aromatic heterocycles. The largest absolute Gasteiger partial charge is 0.361 e. The Kier molecular flexibility index (Phi) is 10.4. The summed E-state index contributed by atoms with van der Waals surface area (Å²) in [5, 5.41) is 11.7. The van der Waals surface area contributed by atoms with Gasteiger partial charge in [-0.05, 0) is 45.4 Å². The minimum atomic E-state index is -0.602. The van der Waals surface area contributed by atoms with Gasteiger partial charge in [0.25, 0.3) is 0 Å². The topological polar surface area (TPSA) is 78.0 Å². The van der Waals surface area contributed by atoms with Crippen LogP contribution >= 0.6 is 0 Å². The molecule has 0 aliphatic heterocycles. The smallest absolute Gasteiger partial charge is 0.114 e. The van der Waals surface area contributed by atoms with Gasteiger partial charge < -0.3 is 10.5 Å². The SMILES string of the molecule is CC.CCCOC(C)(N)CC(C)(C)Cc1cn(CNC(C)C)nn1. The molecule has 0 saturated heterocycles. The summed E-state index contributed by atoms with van der Waals surface area (Å²) in [6, 6.07) is 0.428. The number of aromatic nitrogens is 3. The number of rotatable bonds is 10. The van der Waals surface area contributed by atoms with Crippen molar-refractivity contribution < 1.29 is 4.74 Å². The molecule has 1 unspecified atom stereocenters. The van der Waals surface area contributed by atoms with Gasteiger partial charge in [-0.2, -0.15) is 0 Å². The average Bonchev–Trinajstić information content (AvgIpc) is 2.90. The first-order chi connectivity index (χ1) is 11.1. The van der Waals surface area contributed by atoms with Crippen molar-refractivity contribution in [2.75, 3.05) is 6.61 Å². The lowest BCUT2D eigenvalue weighted by Crippen LogP contribution is -2.44. The van der Waals surface area contributed by atoms with Gasteiger partial charge in [-0.1, -0.05) is 39.8 Å². The molecule has 0 amide bonds. The number of hydrogen-bond donors (Lipinski definition) is 2. The second kappa shape index (κ2) is 10.8. The van der Waals surface area contributed by atoms with Gasteiger partial charge in [0.1, 0.15) is 5.72 Å². The molecular weight excluding hydrogens is 302 g/mol. The van der Waals surface area contributed by atoms with E-state index in [2.05, 4.69) is 50.2 Å². The van der Waals surface area contributed by atoms with Gasteiger partial charge in [0.05, 0.1) is 12.4 Å². The van der Waals surface area contributed by atoms with E-state index in [0.29, 0.717) is 19.3 Å². The van der Waals surface area contributed by atoms with E-state index in [9.17, 15) is 0 Å². The van der Waals surface area contributed by atoms with Crippen molar-refractivity contribution in [3.63, 3.8) is 0 Å². The van der Waals surface area contributed by atoms with E-state index in [1.54, 1.807) is 0 Å². The van der Waals surface area contributed by atoms with Crippen LogP contribution in [-0.2, 0) is 17.8 Å².